The summed E-state index contributed by atoms with van der Waals surface area (Å²) in [6, 6.07) is 8.38. The maximum atomic E-state index is 4.49. The molecule has 1 N–H and O–H groups in total. The minimum Gasteiger partial charge on any atom is -0.262 e. The molecular weight excluding hydrogens is 282 g/mol. The van der Waals surface area contributed by atoms with Gasteiger partial charge < -0.3 is 0 Å². The lowest BCUT2D eigenvalue weighted by atomic mass is 10.3. The van der Waals surface area contributed by atoms with Crippen molar-refractivity contribution in [3.05, 3.63) is 50.6 Å². The van der Waals surface area contributed by atoms with E-state index in [4.69, 9.17) is 0 Å². The van der Waals surface area contributed by atoms with E-state index < -0.39 is 0 Å². The highest BCUT2D eigenvalue weighted by atomic mass is 32.2. The van der Waals surface area contributed by atoms with Crippen LogP contribution in [0.4, 0.5) is 0 Å². The topological polar surface area (TPSA) is 41.6 Å². The van der Waals surface area contributed by atoms with Crippen molar-refractivity contribution >= 4 is 34.4 Å². The van der Waals surface area contributed by atoms with Crippen molar-refractivity contribution in [2.75, 3.05) is 0 Å². The predicted octanol–water partition coefficient (Wildman–Crippen LogP) is 3.81. The molecule has 0 radical (unpaired) electrons. The molecule has 3 aromatic rings. The Morgan fingerprint density at radius 2 is 1.89 bits per heavy atom. The number of H-pyrrole nitrogens is 1. The molecule has 0 spiro atoms. The van der Waals surface area contributed by atoms with Gasteiger partial charge in [0.25, 0.3) is 0 Å². The second-order valence-electron chi connectivity index (χ2n) is 3.69. The molecule has 0 aliphatic rings. The SMILES string of the molecule is c1csc(CSc2n[nH]c(Cc3cccs3)n2)c1. The molecule has 3 heterocycles. The van der Waals surface area contributed by atoms with Gasteiger partial charge in [0.2, 0.25) is 5.16 Å². The Labute approximate surface area is 117 Å². The third-order valence-electron chi connectivity index (χ3n) is 2.36. The Kier molecular flexibility index (Phi) is 3.78. The fourth-order valence-electron chi connectivity index (χ4n) is 1.53. The van der Waals surface area contributed by atoms with Gasteiger partial charge in [-0.2, -0.15) is 0 Å². The summed E-state index contributed by atoms with van der Waals surface area (Å²) < 4.78 is 0. The van der Waals surface area contributed by atoms with Crippen LogP contribution < -0.4 is 0 Å². The number of rotatable bonds is 5. The van der Waals surface area contributed by atoms with Crippen LogP contribution in [0.15, 0.2) is 40.2 Å². The number of nitrogens with one attached hydrogen (secondary N) is 1. The molecule has 0 aliphatic heterocycles. The fourth-order valence-corrected chi connectivity index (χ4v) is 3.83. The zero-order valence-corrected chi connectivity index (χ0v) is 11.9. The number of aromatic amines is 1. The van der Waals surface area contributed by atoms with Crippen LogP contribution in [0, 0.1) is 0 Å². The summed E-state index contributed by atoms with van der Waals surface area (Å²) in [5, 5.41) is 12.2. The summed E-state index contributed by atoms with van der Waals surface area (Å²) >= 11 is 5.19. The lowest BCUT2D eigenvalue weighted by Gasteiger charge is -1.92. The Morgan fingerprint density at radius 1 is 1.11 bits per heavy atom. The van der Waals surface area contributed by atoms with E-state index >= 15 is 0 Å². The van der Waals surface area contributed by atoms with Crippen LogP contribution in [-0.2, 0) is 12.2 Å². The van der Waals surface area contributed by atoms with Crippen LogP contribution in [0.1, 0.15) is 15.6 Å². The van der Waals surface area contributed by atoms with Gasteiger partial charge in [-0.1, -0.05) is 23.9 Å². The molecule has 0 aliphatic carbocycles. The van der Waals surface area contributed by atoms with Crippen molar-refractivity contribution in [3.8, 4) is 0 Å². The quantitative estimate of drug-likeness (QED) is 0.727. The molecule has 0 atom stereocenters. The van der Waals surface area contributed by atoms with Gasteiger partial charge in [0, 0.05) is 21.9 Å². The highest BCUT2D eigenvalue weighted by Crippen LogP contribution is 2.22. The van der Waals surface area contributed by atoms with Gasteiger partial charge in [-0.05, 0) is 22.9 Å². The minimum absolute atomic E-state index is 0.829. The highest BCUT2D eigenvalue weighted by molar-refractivity contribution is 7.98. The fraction of sp³-hybridized carbons (Fsp3) is 0.167. The van der Waals surface area contributed by atoms with Crippen LogP contribution in [0.3, 0.4) is 0 Å². The summed E-state index contributed by atoms with van der Waals surface area (Å²) in [5.74, 6) is 1.87. The standard InChI is InChI=1S/C12H11N3S3/c1-3-9(16-5-1)7-11-13-12(15-14-11)18-8-10-4-2-6-17-10/h1-6H,7-8H2,(H,13,14,15). The summed E-state index contributed by atoms with van der Waals surface area (Å²) in [5.41, 5.74) is 0. The zero-order chi connectivity index (χ0) is 12.2. The van der Waals surface area contributed by atoms with Crippen LogP contribution in [-0.4, -0.2) is 15.2 Å². The van der Waals surface area contributed by atoms with Gasteiger partial charge in [0.1, 0.15) is 5.82 Å². The van der Waals surface area contributed by atoms with Crippen molar-refractivity contribution in [1.82, 2.24) is 15.2 Å². The highest BCUT2D eigenvalue weighted by Gasteiger charge is 2.06. The van der Waals surface area contributed by atoms with E-state index in [1.165, 1.54) is 9.75 Å². The summed E-state index contributed by atoms with van der Waals surface area (Å²) in [6.45, 7) is 0. The number of hydrogen-bond acceptors (Lipinski definition) is 5. The largest absolute Gasteiger partial charge is 0.262 e. The first-order valence-electron chi connectivity index (χ1n) is 5.49. The number of thiophene rings is 2. The second-order valence-corrected chi connectivity index (χ2v) is 6.70. The Morgan fingerprint density at radius 3 is 2.61 bits per heavy atom. The van der Waals surface area contributed by atoms with Crippen molar-refractivity contribution in [3.63, 3.8) is 0 Å². The van der Waals surface area contributed by atoms with E-state index in [2.05, 4.69) is 50.2 Å². The zero-order valence-electron chi connectivity index (χ0n) is 9.50. The van der Waals surface area contributed by atoms with E-state index in [1.54, 1.807) is 34.4 Å². The number of nitrogens with zero attached hydrogens (tertiary/aromatic N) is 2. The van der Waals surface area contributed by atoms with Crippen LogP contribution in [0.2, 0.25) is 0 Å². The van der Waals surface area contributed by atoms with Gasteiger partial charge in [-0.3, -0.25) is 5.10 Å². The van der Waals surface area contributed by atoms with E-state index in [1.807, 2.05) is 0 Å². The normalized spacial score (nSPS) is 10.9. The Hall–Kier alpha value is -1.11. The Balaban J connectivity index is 1.59. The molecule has 0 saturated heterocycles. The molecule has 3 aromatic heterocycles. The molecule has 0 fully saturated rings. The third-order valence-corrected chi connectivity index (χ3v) is 5.19. The summed E-state index contributed by atoms with van der Waals surface area (Å²) in [4.78, 5) is 7.15. The lowest BCUT2D eigenvalue weighted by molar-refractivity contribution is 0.960. The maximum absolute atomic E-state index is 4.49. The average molecular weight is 293 g/mol. The van der Waals surface area contributed by atoms with Crippen LogP contribution >= 0.6 is 34.4 Å². The van der Waals surface area contributed by atoms with Crippen molar-refractivity contribution in [1.29, 1.82) is 0 Å². The smallest absolute Gasteiger partial charge is 0.208 e. The first-order chi connectivity index (χ1) is 8.90. The number of hydrogen-bond donors (Lipinski definition) is 1. The molecular formula is C12H11N3S3. The van der Waals surface area contributed by atoms with Crippen LogP contribution in [0.25, 0.3) is 0 Å². The molecule has 18 heavy (non-hydrogen) atoms. The summed E-state index contributed by atoms with van der Waals surface area (Å²) in [6.07, 6.45) is 0.838. The molecule has 0 aromatic carbocycles. The third kappa shape index (κ3) is 3.01. The Bertz CT molecular complexity index is 584. The maximum Gasteiger partial charge on any atom is 0.208 e. The second kappa shape index (κ2) is 5.69. The number of aromatic nitrogens is 3. The molecule has 92 valence electrons. The first-order valence-corrected chi connectivity index (χ1v) is 8.23. The average Bonchev–Trinajstić information content (AvgIpc) is 3.09. The minimum atomic E-state index is 0.829. The van der Waals surface area contributed by atoms with Gasteiger partial charge in [-0.15, -0.1) is 27.8 Å². The molecule has 6 heteroatoms. The van der Waals surface area contributed by atoms with E-state index in [9.17, 15) is 0 Å². The molecule has 0 unspecified atom stereocenters. The van der Waals surface area contributed by atoms with Crippen molar-refractivity contribution < 1.29 is 0 Å². The molecule has 0 saturated carbocycles. The lowest BCUT2D eigenvalue weighted by Crippen LogP contribution is -1.87. The van der Waals surface area contributed by atoms with Gasteiger partial charge in [-0.25, -0.2) is 4.98 Å². The summed E-state index contributed by atoms with van der Waals surface area (Å²) in [7, 11) is 0. The van der Waals surface area contributed by atoms with Crippen molar-refractivity contribution in [2.24, 2.45) is 0 Å². The van der Waals surface area contributed by atoms with Gasteiger partial charge in [0.05, 0.1) is 0 Å². The molecule has 3 nitrogen and oxygen atoms in total. The molecule has 3 rings (SSSR count). The van der Waals surface area contributed by atoms with Gasteiger partial charge in [0.15, 0.2) is 0 Å². The molecule has 0 amide bonds. The van der Waals surface area contributed by atoms with Crippen LogP contribution in [0.5, 0.6) is 0 Å². The van der Waals surface area contributed by atoms with E-state index in [-0.39, 0.29) is 0 Å². The predicted molar refractivity (Wildman–Crippen MR) is 77.4 cm³/mol. The number of thioether (sulfide) groups is 1. The first kappa shape index (κ1) is 12.0. The monoisotopic (exact) mass is 293 g/mol. The van der Waals surface area contributed by atoms with E-state index in [0.717, 1.165) is 23.2 Å². The van der Waals surface area contributed by atoms with Crippen molar-refractivity contribution in [2.45, 2.75) is 17.3 Å². The molecule has 0 bridgehead atoms. The van der Waals surface area contributed by atoms with E-state index in [0.29, 0.717) is 0 Å². The van der Waals surface area contributed by atoms with Gasteiger partial charge >= 0.3 is 0 Å².